The Balaban J connectivity index is 1.52. The average Bonchev–Trinajstić information content (AvgIpc) is 2.39. The molecule has 0 aromatic heterocycles. The molecule has 2 aliphatic rings. The van der Waals surface area contributed by atoms with Gasteiger partial charge in [-0.05, 0) is 38.1 Å². The third-order valence-electron chi connectivity index (χ3n) is 3.89. The van der Waals surface area contributed by atoms with Crippen molar-refractivity contribution in [1.82, 2.24) is 4.90 Å². The summed E-state index contributed by atoms with van der Waals surface area (Å²) in [5, 5.41) is 3.50. The van der Waals surface area contributed by atoms with E-state index in [4.69, 9.17) is 21.1 Å². The van der Waals surface area contributed by atoms with E-state index in [0.29, 0.717) is 31.3 Å². The second-order valence-corrected chi connectivity index (χ2v) is 6.71. The monoisotopic (exact) mass is 310 g/mol. The van der Waals surface area contributed by atoms with Crippen molar-refractivity contribution in [3.05, 3.63) is 29.3 Å². The van der Waals surface area contributed by atoms with Gasteiger partial charge in [0.1, 0.15) is 0 Å². The first-order valence-electron chi connectivity index (χ1n) is 6.97. The lowest BCUT2D eigenvalue weighted by atomic mass is 9.81. The van der Waals surface area contributed by atoms with E-state index in [9.17, 15) is 4.79 Å². The Morgan fingerprint density at radius 3 is 2.33 bits per heavy atom. The molecule has 21 heavy (non-hydrogen) atoms. The van der Waals surface area contributed by atoms with E-state index in [1.807, 2.05) is 13.8 Å². The minimum absolute atomic E-state index is 0.0488. The van der Waals surface area contributed by atoms with Crippen LogP contribution in [0.1, 0.15) is 13.8 Å². The minimum atomic E-state index is -0.517. The molecule has 1 spiro atoms. The van der Waals surface area contributed by atoms with Crippen LogP contribution >= 0.6 is 11.6 Å². The lowest BCUT2D eigenvalue weighted by Crippen LogP contribution is -2.66. The summed E-state index contributed by atoms with van der Waals surface area (Å²) in [6.07, 6.45) is 0. The Kier molecular flexibility index (Phi) is 3.59. The van der Waals surface area contributed by atoms with Gasteiger partial charge >= 0.3 is 6.03 Å². The maximum Gasteiger partial charge on any atom is 0.321 e. The first kappa shape index (κ1) is 14.6. The zero-order valence-electron chi connectivity index (χ0n) is 12.2. The van der Waals surface area contributed by atoms with E-state index >= 15 is 0 Å². The highest BCUT2D eigenvalue weighted by Gasteiger charge is 2.50. The first-order valence-corrected chi connectivity index (χ1v) is 7.35. The van der Waals surface area contributed by atoms with Crippen molar-refractivity contribution in [3.8, 4) is 0 Å². The molecule has 0 saturated carbocycles. The summed E-state index contributed by atoms with van der Waals surface area (Å²) in [4.78, 5) is 13.9. The minimum Gasteiger partial charge on any atom is -0.350 e. The second kappa shape index (κ2) is 5.16. The van der Waals surface area contributed by atoms with Gasteiger partial charge in [-0.25, -0.2) is 4.79 Å². The van der Waals surface area contributed by atoms with Crippen LogP contribution in [0.4, 0.5) is 10.5 Å². The number of ether oxygens (including phenoxy) is 2. The standard InChI is InChI=1S/C15H19ClN2O3/c1-14(2)20-9-15(10-21-14)7-18(8-15)13(19)17-12-5-3-11(16)4-6-12/h3-6H,7-10H2,1-2H3,(H,17,19). The number of nitrogens with one attached hydrogen (secondary N) is 1. The van der Waals surface area contributed by atoms with Crippen molar-refractivity contribution in [1.29, 1.82) is 0 Å². The lowest BCUT2D eigenvalue weighted by Gasteiger charge is -2.53. The summed E-state index contributed by atoms with van der Waals surface area (Å²) in [5.74, 6) is -0.517. The van der Waals surface area contributed by atoms with Gasteiger partial charge in [-0.1, -0.05) is 11.6 Å². The number of carbonyl (C=O) groups is 1. The first-order chi connectivity index (χ1) is 9.88. The van der Waals surface area contributed by atoms with Crippen LogP contribution < -0.4 is 5.32 Å². The van der Waals surface area contributed by atoms with Gasteiger partial charge in [-0.2, -0.15) is 0 Å². The van der Waals surface area contributed by atoms with Crippen LogP contribution in [0.3, 0.4) is 0 Å². The van der Waals surface area contributed by atoms with Gasteiger partial charge in [-0.15, -0.1) is 0 Å². The van der Waals surface area contributed by atoms with E-state index in [1.165, 1.54) is 0 Å². The van der Waals surface area contributed by atoms with Crippen molar-refractivity contribution >= 4 is 23.3 Å². The number of amides is 2. The number of rotatable bonds is 1. The maximum atomic E-state index is 12.1. The fourth-order valence-corrected chi connectivity index (χ4v) is 2.69. The Morgan fingerprint density at radius 1 is 1.19 bits per heavy atom. The van der Waals surface area contributed by atoms with Gasteiger partial charge in [0.2, 0.25) is 0 Å². The second-order valence-electron chi connectivity index (χ2n) is 6.27. The Hall–Kier alpha value is -1.30. The van der Waals surface area contributed by atoms with Crippen LogP contribution in [0.25, 0.3) is 0 Å². The molecule has 5 nitrogen and oxygen atoms in total. The summed E-state index contributed by atoms with van der Waals surface area (Å²) in [5.41, 5.74) is 0.690. The van der Waals surface area contributed by atoms with Crippen molar-refractivity contribution in [2.24, 2.45) is 5.41 Å². The highest BCUT2D eigenvalue weighted by Crippen LogP contribution is 2.37. The molecule has 1 aromatic carbocycles. The number of carbonyl (C=O) groups excluding carboxylic acids is 1. The normalized spacial score (nSPS) is 22.7. The van der Waals surface area contributed by atoms with Crippen molar-refractivity contribution in [3.63, 3.8) is 0 Å². The highest BCUT2D eigenvalue weighted by molar-refractivity contribution is 6.30. The SMILES string of the molecule is CC1(C)OCC2(CO1)CN(C(=O)Nc1ccc(Cl)cc1)C2. The fraction of sp³-hybridized carbons (Fsp3) is 0.533. The number of likely N-dealkylation sites (tertiary alicyclic amines) is 1. The molecule has 0 radical (unpaired) electrons. The Bertz CT molecular complexity index is 526. The molecule has 1 aromatic rings. The van der Waals surface area contributed by atoms with E-state index in [0.717, 1.165) is 5.69 Å². The van der Waals surface area contributed by atoms with E-state index in [2.05, 4.69) is 5.32 Å². The predicted octanol–water partition coefficient (Wildman–Crippen LogP) is 2.96. The molecule has 0 aliphatic carbocycles. The third-order valence-corrected chi connectivity index (χ3v) is 4.14. The van der Waals surface area contributed by atoms with Crippen molar-refractivity contribution in [2.75, 3.05) is 31.6 Å². The molecule has 2 saturated heterocycles. The van der Waals surface area contributed by atoms with Crippen LogP contribution in [0.15, 0.2) is 24.3 Å². The van der Waals surface area contributed by atoms with Gasteiger partial charge in [0, 0.05) is 23.8 Å². The number of halogens is 1. The van der Waals surface area contributed by atoms with Crippen LogP contribution in [-0.4, -0.2) is 43.0 Å². The third kappa shape index (κ3) is 3.15. The molecular weight excluding hydrogens is 292 g/mol. The molecule has 3 rings (SSSR count). The quantitative estimate of drug-likeness (QED) is 0.867. The Labute approximate surface area is 129 Å². The molecule has 2 fully saturated rings. The van der Waals surface area contributed by atoms with Gasteiger partial charge in [0.15, 0.2) is 5.79 Å². The summed E-state index contributed by atoms with van der Waals surface area (Å²) in [6, 6.07) is 6.96. The molecule has 114 valence electrons. The molecule has 2 aliphatic heterocycles. The molecule has 6 heteroatoms. The van der Waals surface area contributed by atoms with Crippen LogP contribution in [0.5, 0.6) is 0 Å². The van der Waals surface area contributed by atoms with E-state index < -0.39 is 5.79 Å². The smallest absolute Gasteiger partial charge is 0.321 e. The van der Waals surface area contributed by atoms with Crippen LogP contribution in [0, 0.1) is 5.41 Å². The number of urea groups is 1. The average molecular weight is 311 g/mol. The number of benzene rings is 1. The number of hydrogen-bond acceptors (Lipinski definition) is 3. The number of hydrogen-bond donors (Lipinski definition) is 1. The van der Waals surface area contributed by atoms with Gasteiger partial charge < -0.3 is 19.7 Å². The van der Waals surface area contributed by atoms with Gasteiger partial charge in [0.05, 0.1) is 18.6 Å². The van der Waals surface area contributed by atoms with Crippen LogP contribution in [0.2, 0.25) is 5.02 Å². The predicted molar refractivity (Wildman–Crippen MR) is 80.5 cm³/mol. The molecule has 2 amide bonds. The summed E-state index contributed by atoms with van der Waals surface area (Å²) < 4.78 is 11.4. The number of anilines is 1. The molecule has 2 heterocycles. The molecular formula is C15H19ClN2O3. The molecule has 0 bridgehead atoms. The number of nitrogens with zero attached hydrogens (tertiary/aromatic N) is 1. The highest BCUT2D eigenvalue weighted by atomic mass is 35.5. The Morgan fingerprint density at radius 2 is 1.76 bits per heavy atom. The largest absolute Gasteiger partial charge is 0.350 e. The van der Waals surface area contributed by atoms with E-state index in [-0.39, 0.29) is 11.4 Å². The van der Waals surface area contributed by atoms with Gasteiger partial charge in [0.25, 0.3) is 0 Å². The molecule has 0 atom stereocenters. The lowest BCUT2D eigenvalue weighted by molar-refractivity contribution is -0.301. The van der Waals surface area contributed by atoms with Gasteiger partial charge in [-0.3, -0.25) is 0 Å². The fourth-order valence-electron chi connectivity index (χ4n) is 2.56. The zero-order valence-corrected chi connectivity index (χ0v) is 12.9. The van der Waals surface area contributed by atoms with E-state index in [1.54, 1.807) is 29.2 Å². The summed E-state index contributed by atoms with van der Waals surface area (Å²) in [7, 11) is 0. The zero-order chi connectivity index (χ0) is 15.1. The van der Waals surface area contributed by atoms with Crippen molar-refractivity contribution in [2.45, 2.75) is 19.6 Å². The molecule has 1 N–H and O–H groups in total. The van der Waals surface area contributed by atoms with Crippen LogP contribution in [-0.2, 0) is 9.47 Å². The summed E-state index contributed by atoms with van der Waals surface area (Å²) in [6.45, 7) is 6.38. The topological polar surface area (TPSA) is 50.8 Å². The van der Waals surface area contributed by atoms with Crippen molar-refractivity contribution < 1.29 is 14.3 Å². The molecule has 0 unspecified atom stereocenters. The summed E-state index contributed by atoms with van der Waals surface area (Å²) >= 11 is 5.82. The maximum absolute atomic E-state index is 12.1.